The highest BCUT2D eigenvalue weighted by atomic mass is 16.5. The third-order valence-electron chi connectivity index (χ3n) is 4.47. The van der Waals surface area contributed by atoms with Gasteiger partial charge in [-0.2, -0.15) is 0 Å². The Morgan fingerprint density at radius 3 is 2.61 bits per heavy atom. The summed E-state index contributed by atoms with van der Waals surface area (Å²) >= 11 is 0. The summed E-state index contributed by atoms with van der Waals surface area (Å²) in [5.41, 5.74) is 2.65. The molecule has 1 heterocycles. The van der Waals surface area contributed by atoms with Gasteiger partial charge in [-0.3, -0.25) is 9.59 Å². The minimum atomic E-state index is -0.273. The van der Waals surface area contributed by atoms with Crippen LogP contribution in [0.25, 0.3) is 0 Å². The zero-order valence-electron chi connectivity index (χ0n) is 15.0. The second kappa shape index (κ2) is 7.44. The Kier molecular flexibility index (Phi) is 4.68. The summed E-state index contributed by atoms with van der Waals surface area (Å²) in [6.45, 7) is 0.412. The number of phenols is 1. The molecule has 0 radical (unpaired) electrons. The Hall–Kier alpha value is -3.80. The number of fused-ring (bicyclic) bond motifs is 1. The fourth-order valence-corrected chi connectivity index (χ4v) is 3.06. The largest absolute Gasteiger partial charge is 0.508 e. The van der Waals surface area contributed by atoms with Gasteiger partial charge in [0, 0.05) is 17.3 Å². The van der Waals surface area contributed by atoms with E-state index in [4.69, 9.17) is 4.74 Å². The van der Waals surface area contributed by atoms with Gasteiger partial charge in [0.05, 0.1) is 12.2 Å². The van der Waals surface area contributed by atoms with Crippen molar-refractivity contribution in [2.24, 2.45) is 0 Å². The van der Waals surface area contributed by atoms with Gasteiger partial charge in [-0.15, -0.1) is 0 Å². The van der Waals surface area contributed by atoms with Gasteiger partial charge >= 0.3 is 0 Å². The summed E-state index contributed by atoms with van der Waals surface area (Å²) < 4.78 is 5.46. The van der Waals surface area contributed by atoms with E-state index >= 15 is 0 Å². The second-order valence-corrected chi connectivity index (χ2v) is 6.44. The number of hydrogen-bond acceptors (Lipinski definition) is 4. The Balaban J connectivity index is 1.48. The summed E-state index contributed by atoms with van der Waals surface area (Å²) in [6.07, 6.45) is 0. The van der Waals surface area contributed by atoms with Crippen LogP contribution in [-0.4, -0.2) is 23.5 Å². The predicted octanol–water partition coefficient (Wildman–Crippen LogP) is 3.57. The molecule has 0 saturated heterocycles. The molecule has 6 heteroatoms. The highest BCUT2D eigenvalue weighted by Crippen LogP contribution is 2.32. The quantitative estimate of drug-likeness (QED) is 0.732. The topological polar surface area (TPSA) is 78.9 Å². The molecule has 140 valence electrons. The highest BCUT2D eigenvalue weighted by molar-refractivity contribution is 6.04. The van der Waals surface area contributed by atoms with Crippen molar-refractivity contribution in [1.29, 1.82) is 0 Å². The summed E-state index contributed by atoms with van der Waals surface area (Å²) in [7, 11) is 0. The molecule has 0 saturated carbocycles. The smallest absolute Gasteiger partial charge is 0.265 e. The Bertz CT molecular complexity index is 1030. The molecular weight excluding hydrogens is 356 g/mol. The van der Waals surface area contributed by atoms with E-state index in [9.17, 15) is 14.7 Å². The van der Waals surface area contributed by atoms with Gasteiger partial charge in [-0.05, 0) is 42.0 Å². The second-order valence-electron chi connectivity index (χ2n) is 6.44. The minimum absolute atomic E-state index is 0.0153. The molecule has 28 heavy (non-hydrogen) atoms. The molecule has 0 unspecified atom stereocenters. The molecule has 2 N–H and O–H groups in total. The van der Waals surface area contributed by atoms with Gasteiger partial charge in [0.2, 0.25) is 0 Å². The van der Waals surface area contributed by atoms with Crippen LogP contribution in [0.2, 0.25) is 0 Å². The van der Waals surface area contributed by atoms with Gasteiger partial charge in [0.25, 0.3) is 11.8 Å². The lowest BCUT2D eigenvalue weighted by Crippen LogP contribution is -2.38. The van der Waals surface area contributed by atoms with Crippen LogP contribution in [0.3, 0.4) is 0 Å². The van der Waals surface area contributed by atoms with Crippen LogP contribution in [0, 0.1) is 0 Å². The van der Waals surface area contributed by atoms with Crippen LogP contribution in [0.1, 0.15) is 15.9 Å². The van der Waals surface area contributed by atoms with E-state index in [-0.39, 0.29) is 24.2 Å². The monoisotopic (exact) mass is 374 g/mol. The van der Waals surface area contributed by atoms with Crippen LogP contribution in [0.15, 0.2) is 72.8 Å². The van der Waals surface area contributed by atoms with Crippen LogP contribution < -0.4 is 15.0 Å². The van der Waals surface area contributed by atoms with Crippen LogP contribution in [-0.2, 0) is 11.3 Å². The Morgan fingerprint density at radius 2 is 1.82 bits per heavy atom. The zero-order chi connectivity index (χ0) is 19.5. The van der Waals surface area contributed by atoms with Crippen LogP contribution >= 0.6 is 0 Å². The number of nitrogens with one attached hydrogen (secondary N) is 1. The number of benzene rings is 3. The number of hydrogen-bond donors (Lipinski definition) is 2. The van der Waals surface area contributed by atoms with E-state index in [2.05, 4.69) is 5.32 Å². The van der Waals surface area contributed by atoms with Crippen molar-refractivity contribution in [2.45, 2.75) is 6.54 Å². The first-order valence-corrected chi connectivity index (χ1v) is 8.82. The predicted molar refractivity (Wildman–Crippen MR) is 106 cm³/mol. The number of ether oxygens (including phenoxy) is 1. The van der Waals surface area contributed by atoms with Gasteiger partial charge < -0.3 is 20.1 Å². The van der Waals surface area contributed by atoms with Crippen LogP contribution in [0.4, 0.5) is 11.4 Å². The SMILES string of the molecule is O=C(Nc1cccc(O)c1)c1ccc(CN2C(=O)COc3ccccc32)cc1. The average Bonchev–Trinajstić information content (AvgIpc) is 2.71. The third-order valence-corrected chi connectivity index (χ3v) is 4.47. The van der Waals surface area contributed by atoms with E-state index in [0.717, 1.165) is 11.3 Å². The number of aromatic hydroxyl groups is 1. The number of carbonyl (C=O) groups is 2. The maximum Gasteiger partial charge on any atom is 0.265 e. The fraction of sp³-hybridized carbons (Fsp3) is 0.0909. The Labute approximate surface area is 162 Å². The fourth-order valence-electron chi connectivity index (χ4n) is 3.06. The maximum atomic E-state index is 12.4. The van der Waals surface area contributed by atoms with E-state index in [1.54, 1.807) is 29.2 Å². The van der Waals surface area contributed by atoms with Crippen molar-refractivity contribution < 1.29 is 19.4 Å². The van der Waals surface area contributed by atoms with Crippen molar-refractivity contribution in [3.63, 3.8) is 0 Å². The molecular formula is C22H18N2O4. The van der Waals surface area contributed by atoms with Crippen molar-refractivity contribution in [3.05, 3.63) is 83.9 Å². The lowest BCUT2D eigenvalue weighted by Gasteiger charge is -2.29. The molecule has 0 fully saturated rings. The highest BCUT2D eigenvalue weighted by Gasteiger charge is 2.25. The number of phenolic OH excluding ortho intramolecular Hbond substituents is 1. The van der Waals surface area contributed by atoms with Crippen LogP contribution in [0.5, 0.6) is 11.5 Å². The molecule has 0 aliphatic carbocycles. The average molecular weight is 374 g/mol. The lowest BCUT2D eigenvalue weighted by molar-refractivity contribution is -0.121. The minimum Gasteiger partial charge on any atom is -0.508 e. The molecule has 0 atom stereocenters. The molecule has 0 bridgehead atoms. The van der Waals surface area contributed by atoms with E-state index in [1.165, 1.54) is 12.1 Å². The van der Waals surface area contributed by atoms with Crippen molar-refractivity contribution in [3.8, 4) is 11.5 Å². The number of rotatable bonds is 4. The molecule has 1 aliphatic rings. The third kappa shape index (κ3) is 3.66. The molecule has 0 aromatic heterocycles. The summed E-state index contributed by atoms with van der Waals surface area (Å²) in [6, 6.07) is 20.9. The van der Waals surface area contributed by atoms with Crippen molar-refractivity contribution in [1.82, 2.24) is 0 Å². The molecule has 6 nitrogen and oxygen atoms in total. The molecule has 3 aromatic rings. The standard InChI is InChI=1S/C22H18N2O4/c25-18-5-3-4-17(12-18)23-22(27)16-10-8-15(9-11-16)13-24-19-6-1-2-7-20(19)28-14-21(24)26/h1-12,25H,13-14H2,(H,23,27). The maximum absolute atomic E-state index is 12.4. The number of amides is 2. The van der Waals surface area contributed by atoms with E-state index < -0.39 is 0 Å². The summed E-state index contributed by atoms with van der Waals surface area (Å²) in [5.74, 6) is 0.391. The summed E-state index contributed by atoms with van der Waals surface area (Å²) in [5, 5.41) is 12.2. The summed E-state index contributed by atoms with van der Waals surface area (Å²) in [4.78, 5) is 26.3. The number of carbonyl (C=O) groups excluding carboxylic acids is 2. The molecule has 2 amide bonds. The van der Waals surface area contributed by atoms with E-state index in [1.807, 2.05) is 36.4 Å². The molecule has 1 aliphatic heterocycles. The zero-order valence-corrected chi connectivity index (χ0v) is 15.0. The van der Waals surface area contributed by atoms with Gasteiger partial charge in [-0.1, -0.05) is 30.3 Å². The molecule has 0 spiro atoms. The van der Waals surface area contributed by atoms with Gasteiger partial charge in [0.15, 0.2) is 6.61 Å². The first-order chi connectivity index (χ1) is 13.6. The van der Waals surface area contributed by atoms with Gasteiger partial charge in [0.1, 0.15) is 11.5 Å². The lowest BCUT2D eigenvalue weighted by atomic mass is 10.1. The first-order valence-electron chi connectivity index (χ1n) is 8.82. The number of para-hydroxylation sites is 2. The number of anilines is 2. The van der Waals surface area contributed by atoms with Gasteiger partial charge in [-0.25, -0.2) is 0 Å². The normalized spacial score (nSPS) is 12.9. The van der Waals surface area contributed by atoms with Crippen molar-refractivity contribution >= 4 is 23.2 Å². The van der Waals surface area contributed by atoms with Crippen molar-refractivity contribution in [2.75, 3.05) is 16.8 Å². The molecule has 4 rings (SSSR count). The molecule has 3 aromatic carbocycles. The first kappa shape index (κ1) is 17.6. The Morgan fingerprint density at radius 1 is 1.04 bits per heavy atom. The van der Waals surface area contributed by atoms with E-state index in [0.29, 0.717) is 23.5 Å². The number of nitrogens with zero attached hydrogens (tertiary/aromatic N) is 1.